The first kappa shape index (κ1) is 34.5. The normalized spacial score (nSPS) is 15.1. The van der Waals surface area contributed by atoms with Crippen molar-refractivity contribution in [3.05, 3.63) is 105 Å². The highest BCUT2D eigenvalue weighted by Crippen LogP contribution is 2.38. The molecule has 0 unspecified atom stereocenters. The van der Waals surface area contributed by atoms with E-state index in [4.69, 9.17) is 26.2 Å². The second-order valence-electron chi connectivity index (χ2n) is 13.3. The molecule has 0 amide bonds. The van der Waals surface area contributed by atoms with Crippen LogP contribution in [0.15, 0.2) is 77.7 Å². The third kappa shape index (κ3) is 8.16. The number of aryl methyl sites for hydroxylation is 1. The largest absolute Gasteiger partial charge is 0.488 e. The average molecular weight is 754 g/mol. The first-order chi connectivity index (χ1) is 24.6. The van der Waals surface area contributed by atoms with Gasteiger partial charge in [-0.3, -0.25) is 14.6 Å². The fourth-order valence-corrected chi connectivity index (χ4v) is 7.92. The third-order valence-electron chi connectivity index (χ3n) is 9.76. The Morgan fingerprint density at radius 1 is 0.780 bits per heavy atom. The smallest absolute Gasteiger partial charge is 0.142 e. The second-order valence-corrected chi connectivity index (χ2v) is 14.5. The predicted molar refractivity (Wildman–Crippen MR) is 201 cm³/mol. The summed E-state index contributed by atoms with van der Waals surface area (Å²) in [4.78, 5) is 9.18. The molecule has 0 radical (unpaired) electrons. The molecule has 3 aromatic carbocycles. The maximum atomic E-state index is 9.31. The van der Waals surface area contributed by atoms with Gasteiger partial charge in [0.05, 0.1) is 22.3 Å². The molecule has 2 fully saturated rings. The molecule has 0 atom stereocenters. The van der Waals surface area contributed by atoms with Crippen molar-refractivity contribution in [2.75, 3.05) is 32.7 Å². The number of aromatic nitrogens is 3. The van der Waals surface area contributed by atoms with Crippen molar-refractivity contribution in [3.8, 4) is 28.7 Å². The topological polar surface area (TPSA) is 79.4 Å². The van der Waals surface area contributed by atoms with Crippen molar-refractivity contribution in [3.63, 3.8) is 0 Å². The van der Waals surface area contributed by atoms with Crippen LogP contribution in [0.2, 0.25) is 5.02 Å². The summed E-state index contributed by atoms with van der Waals surface area (Å²) in [6.07, 6.45) is 12.7. The number of nitriles is 1. The molecule has 2 aliphatic heterocycles. The summed E-state index contributed by atoms with van der Waals surface area (Å²) in [5.41, 5.74) is 6.73. The maximum absolute atomic E-state index is 9.31. The number of fused-ring (bicyclic) bond motifs is 1. The summed E-state index contributed by atoms with van der Waals surface area (Å²) in [7, 11) is 0. The highest BCUT2D eigenvalue weighted by Gasteiger charge is 2.19. The Kier molecular flexibility index (Phi) is 11.3. The summed E-state index contributed by atoms with van der Waals surface area (Å²) >= 11 is 10.8. The first-order valence-corrected chi connectivity index (χ1v) is 18.8. The Bertz CT molecular complexity index is 1980. The lowest BCUT2D eigenvalue weighted by Gasteiger charge is -2.20. The quantitative estimate of drug-likeness (QED) is 0.105. The predicted octanol–water partition coefficient (Wildman–Crippen LogP) is 9.02. The van der Waals surface area contributed by atoms with Gasteiger partial charge in [0.15, 0.2) is 0 Å². The van der Waals surface area contributed by atoms with E-state index >= 15 is 0 Å². The minimum Gasteiger partial charge on any atom is -0.488 e. The monoisotopic (exact) mass is 752 g/mol. The van der Waals surface area contributed by atoms with Crippen LogP contribution in [0.5, 0.6) is 11.5 Å². The molecule has 2 aromatic heterocycles. The van der Waals surface area contributed by atoms with Crippen LogP contribution in [0, 0.1) is 11.3 Å². The van der Waals surface area contributed by atoms with Crippen molar-refractivity contribution in [1.82, 2.24) is 24.6 Å². The van der Waals surface area contributed by atoms with Gasteiger partial charge in [-0.1, -0.05) is 41.9 Å². The molecule has 0 spiro atoms. The Morgan fingerprint density at radius 3 is 2.34 bits per heavy atom. The number of unbranched alkanes of at least 4 members (excludes halogenated alkanes) is 1. The highest BCUT2D eigenvalue weighted by molar-refractivity contribution is 9.10. The van der Waals surface area contributed by atoms with Crippen LogP contribution in [0.1, 0.15) is 60.8 Å². The molecule has 0 bridgehead atoms. The minimum atomic E-state index is 0.283. The number of hydrogen-bond acceptors (Lipinski definition) is 7. The molecule has 7 rings (SSSR count). The lowest BCUT2D eigenvalue weighted by atomic mass is 10.00. The average Bonchev–Trinajstić information content (AvgIpc) is 3.93. The van der Waals surface area contributed by atoms with Gasteiger partial charge in [0, 0.05) is 58.1 Å². The van der Waals surface area contributed by atoms with E-state index in [1.165, 1.54) is 51.7 Å². The number of likely N-dealkylation sites (tertiary alicyclic amines) is 2. The number of hydrogen-bond donors (Lipinski definition) is 0. The van der Waals surface area contributed by atoms with E-state index in [0.717, 1.165) is 75.8 Å². The molecule has 0 N–H and O–H groups in total. The molecule has 258 valence electrons. The lowest BCUT2D eigenvalue weighted by molar-refractivity contribution is 0.277. The Morgan fingerprint density at radius 2 is 1.52 bits per heavy atom. The van der Waals surface area contributed by atoms with E-state index in [0.29, 0.717) is 28.7 Å². The summed E-state index contributed by atoms with van der Waals surface area (Å²) < 4.78 is 15.9. The number of benzene rings is 3. The molecule has 8 nitrogen and oxygen atoms in total. The lowest BCUT2D eigenvalue weighted by Crippen LogP contribution is -2.20. The molecule has 4 heterocycles. The minimum absolute atomic E-state index is 0.283. The van der Waals surface area contributed by atoms with Gasteiger partial charge >= 0.3 is 0 Å². The van der Waals surface area contributed by atoms with Crippen molar-refractivity contribution >= 4 is 38.4 Å². The van der Waals surface area contributed by atoms with Crippen molar-refractivity contribution in [1.29, 1.82) is 5.26 Å². The van der Waals surface area contributed by atoms with E-state index < -0.39 is 0 Å². The van der Waals surface area contributed by atoms with E-state index in [-0.39, 0.29) is 6.61 Å². The molecule has 2 saturated heterocycles. The number of pyridine rings is 1. The second kappa shape index (κ2) is 16.4. The van der Waals surface area contributed by atoms with Crippen molar-refractivity contribution < 1.29 is 9.47 Å². The number of halogens is 2. The fraction of sp³-hybridized carbons (Fsp3) is 0.375. The van der Waals surface area contributed by atoms with Gasteiger partial charge in [-0.2, -0.15) is 10.4 Å². The zero-order valence-corrected chi connectivity index (χ0v) is 30.6. The SMILES string of the molecule is N#Cc1cncc(COc2cc(OCc3cccc(-c4cccc5c4cnn5CCCCN4CCCC4)c3Br)c(Cl)cc2CN2CCCC2)c1. The van der Waals surface area contributed by atoms with Gasteiger partial charge < -0.3 is 14.4 Å². The summed E-state index contributed by atoms with van der Waals surface area (Å²) in [6.45, 7) is 8.07. The molecule has 0 saturated carbocycles. The van der Waals surface area contributed by atoms with Crippen LogP contribution >= 0.6 is 27.5 Å². The highest BCUT2D eigenvalue weighted by atomic mass is 79.9. The third-order valence-corrected chi connectivity index (χ3v) is 11.0. The molecule has 50 heavy (non-hydrogen) atoms. The molecular formula is C40H42BrClN6O2. The standard InChI is InChI=1S/C40H42BrClN6O2/c41-40-31(9-7-11-34(40)33-10-8-12-37-35(33)25-45-48(37)18-6-5-15-46-13-1-2-14-46)28-50-39-21-38(49-27-30-19-29(22-43)23-44-24-30)32(20-36(39)42)26-47-16-3-4-17-47/h7-12,19-21,23-25H,1-6,13-18,26-28H2. The molecule has 0 aliphatic carbocycles. The van der Waals surface area contributed by atoms with Gasteiger partial charge in [0.25, 0.3) is 0 Å². The maximum Gasteiger partial charge on any atom is 0.142 e. The Balaban J connectivity index is 1.07. The zero-order chi connectivity index (χ0) is 34.3. The Labute approximate surface area is 307 Å². The van der Waals surface area contributed by atoms with Crippen LogP contribution in [0.25, 0.3) is 22.0 Å². The van der Waals surface area contributed by atoms with Gasteiger partial charge in [-0.15, -0.1) is 0 Å². The van der Waals surface area contributed by atoms with Crippen LogP contribution in [-0.4, -0.2) is 57.3 Å². The van der Waals surface area contributed by atoms with Crippen LogP contribution in [-0.2, 0) is 26.3 Å². The van der Waals surface area contributed by atoms with E-state index in [9.17, 15) is 5.26 Å². The summed E-state index contributed by atoms with van der Waals surface area (Å²) in [5, 5.41) is 15.8. The fourth-order valence-electron chi connectivity index (χ4n) is 7.09. The van der Waals surface area contributed by atoms with E-state index in [1.54, 1.807) is 18.5 Å². The number of nitrogens with zero attached hydrogens (tertiary/aromatic N) is 6. The molecule has 2 aliphatic rings. The van der Waals surface area contributed by atoms with Crippen molar-refractivity contribution in [2.45, 2.75) is 64.8 Å². The van der Waals surface area contributed by atoms with Gasteiger partial charge in [0.2, 0.25) is 0 Å². The summed E-state index contributed by atoms with van der Waals surface area (Å²) in [5.74, 6) is 1.27. The molecular weight excluding hydrogens is 712 g/mol. The number of rotatable bonds is 14. The van der Waals surface area contributed by atoms with Crippen molar-refractivity contribution in [2.24, 2.45) is 0 Å². The zero-order valence-electron chi connectivity index (χ0n) is 28.3. The van der Waals surface area contributed by atoms with E-state index in [2.05, 4.69) is 77.9 Å². The molecule has 5 aromatic rings. The Hall–Kier alpha value is -3.94. The number of ether oxygens (including phenoxy) is 2. The van der Waals surface area contributed by atoms with Crippen LogP contribution in [0.4, 0.5) is 0 Å². The van der Waals surface area contributed by atoms with Gasteiger partial charge in [-0.25, -0.2) is 0 Å². The van der Waals surface area contributed by atoms with Crippen LogP contribution in [0.3, 0.4) is 0 Å². The van der Waals surface area contributed by atoms with Gasteiger partial charge in [0.1, 0.15) is 30.8 Å². The van der Waals surface area contributed by atoms with Gasteiger partial charge in [-0.05, 0) is 117 Å². The van der Waals surface area contributed by atoms with Crippen LogP contribution < -0.4 is 9.47 Å². The first-order valence-electron chi connectivity index (χ1n) is 17.6. The van der Waals surface area contributed by atoms with E-state index in [1.807, 2.05) is 18.3 Å². The summed E-state index contributed by atoms with van der Waals surface area (Å²) in [6, 6.07) is 20.5. The molecule has 10 heteroatoms.